The van der Waals surface area contributed by atoms with Crippen LogP contribution in [0.5, 0.6) is 5.75 Å². The Labute approximate surface area is 281 Å². The van der Waals surface area contributed by atoms with Gasteiger partial charge in [0, 0.05) is 16.9 Å². The van der Waals surface area contributed by atoms with Gasteiger partial charge in [-0.05, 0) is 162 Å². The van der Waals surface area contributed by atoms with E-state index in [2.05, 4.69) is 30.3 Å². The van der Waals surface area contributed by atoms with Crippen LogP contribution in [0.15, 0.2) is 113 Å². The Hall–Kier alpha value is -4.82. The first-order chi connectivity index (χ1) is 23.0. The minimum absolute atomic E-state index is 0.219. The maximum Gasteiger partial charge on any atom is 0.335 e. The third-order valence-electron chi connectivity index (χ3n) is 10.6. The largest absolute Gasteiger partial charge is 0.496 e. The number of hydrogen-bond donors (Lipinski definition) is 3. The topological polar surface area (TPSA) is 133 Å². The SMILES string of the molecule is COc1ccc(-c2ccc3cc(C(=O)O)ccc3c2)cc1C12CC3CC(CC(C3)C1)C2.Nc1ccc(S(=O)(=O)c2ccc(N)cc2)cc1. The Morgan fingerprint density at radius 1 is 0.688 bits per heavy atom. The first-order valence-electron chi connectivity index (χ1n) is 16.5. The summed E-state index contributed by atoms with van der Waals surface area (Å²) >= 11 is 0. The van der Waals surface area contributed by atoms with E-state index in [0.717, 1.165) is 34.3 Å². The van der Waals surface area contributed by atoms with Gasteiger partial charge in [-0.2, -0.15) is 0 Å². The van der Waals surface area contributed by atoms with Crippen molar-refractivity contribution < 1.29 is 23.1 Å². The zero-order valence-corrected chi connectivity index (χ0v) is 27.7. The number of fused-ring (bicyclic) bond motifs is 1. The first kappa shape index (κ1) is 31.8. The fraction of sp³-hybridized carbons (Fsp3) is 0.275. The predicted octanol–water partition coefficient (Wildman–Crippen LogP) is 8.37. The summed E-state index contributed by atoms with van der Waals surface area (Å²) in [5, 5.41) is 11.3. The van der Waals surface area contributed by atoms with Gasteiger partial charge in [0.2, 0.25) is 9.84 Å². The number of rotatable bonds is 6. The van der Waals surface area contributed by atoms with E-state index in [0.29, 0.717) is 16.9 Å². The van der Waals surface area contributed by atoms with Crippen LogP contribution < -0.4 is 16.2 Å². The molecule has 246 valence electrons. The fourth-order valence-corrected chi connectivity index (χ4v) is 9.99. The summed E-state index contributed by atoms with van der Waals surface area (Å²) in [6, 6.07) is 30.5. The summed E-state index contributed by atoms with van der Waals surface area (Å²) in [6.07, 6.45) is 8.25. The van der Waals surface area contributed by atoms with Crippen LogP contribution in [0.1, 0.15) is 54.4 Å². The van der Waals surface area contributed by atoms with E-state index in [1.54, 1.807) is 43.5 Å². The molecule has 4 aliphatic rings. The molecule has 48 heavy (non-hydrogen) atoms. The molecule has 5 aromatic carbocycles. The first-order valence-corrected chi connectivity index (χ1v) is 17.9. The second kappa shape index (κ2) is 12.3. The van der Waals surface area contributed by atoms with Gasteiger partial charge >= 0.3 is 5.97 Å². The molecular formula is C40H40N2O5S. The van der Waals surface area contributed by atoms with E-state index in [1.807, 2.05) is 12.1 Å². The number of methoxy groups -OCH3 is 1. The molecule has 4 saturated carbocycles. The van der Waals surface area contributed by atoms with Crippen LogP contribution in [0.2, 0.25) is 0 Å². The molecule has 0 amide bonds. The van der Waals surface area contributed by atoms with Crippen LogP contribution in [0, 0.1) is 17.8 Å². The second-order valence-electron chi connectivity index (χ2n) is 13.8. The fourth-order valence-electron chi connectivity index (χ4n) is 8.73. The summed E-state index contributed by atoms with van der Waals surface area (Å²) in [7, 11) is -1.68. The van der Waals surface area contributed by atoms with Gasteiger partial charge in [0.05, 0.1) is 22.5 Å². The van der Waals surface area contributed by atoms with Gasteiger partial charge in [-0.25, -0.2) is 13.2 Å². The van der Waals surface area contributed by atoms with Crippen LogP contribution >= 0.6 is 0 Å². The predicted molar refractivity (Wildman–Crippen MR) is 190 cm³/mol. The average molecular weight is 661 g/mol. The van der Waals surface area contributed by atoms with Gasteiger partial charge in [-0.1, -0.05) is 24.3 Å². The Balaban J connectivity index is 0.000000182. The van der Waals surface area contributed by atoms with E-state index >= 15 is 0 Å². The number of anilines is 2. The molecule has 0 heterocycles. The lowest BCUT2D eigenvalue weighted by Gasteiger charge is -2.57. The molecule has 0 aromatic heterocycles. The molecule has 8 heteroatoms. The highest BCUT2D eigenvalue weighted by molar-refractivity contribution is 7.91. The van der Waals surface area contributed by atoms with Crippen molar-refractivity contribution >= 4 is 38.0 Å². The molecule has 0 saturated heterocycles. The molecule has 5 N–H and O–H groups in total. The van der Waals surface area contributed by atoms with Gasteiger partial charge in [0.1, 0.15) is 5.75 Å². The van der Waals surface area contributed by atoms with E-state index in [-0.39, 0.29) is 15.2 Å². The lowest BCUT2D eigenvalue weighted by Crippen LogP contribution is -2.48. The van der Waals surface area contributed by atoms with Crippen LogP contribution in [0.3, 0.4) is 0 Å². The Kier molecular flexibility index (Phi) is 8.16. The number of nitrogens with two attached hydrogens (primary N) is 2. The van der Waals surface area contributed by atoms with E-state index in [4.69, 9.17) is 16.2 Å². The monoisotopic (exact) mass is 660 g/mol. The Bertz CT molecular complexity index is 2020. The van der Waals surface area contributed by atoms with Gasteiger partial charge in [-0.15, -0.1) is 0 Å². The molecular weight excluding hydrogens is 621 g/mol. The number of hydrogen-bond acceptors (Lipinski definition) is 6. The number of nitrogen functional groups attached to an aromatic ring is 2. The summed E-state index contributed by atoms with van der Waals surface area (Å²) < 4.78 is 30.2. The van der Waals surface area contributed by atoms with Crippen molar-refractivity contribution in [1.82, 2.24) is 0 Å². The number of aromatic carboxylic acids is 1. The third-order valence-corrected chi connectivity index (χ3v) is 12.4. The van der Waals surface area contributed by atoms with Crippen molar-refractivity contribution in [2.24, 2.45) is 17.8 Å². The van der Waals surface area contributed by atoms with Crippen molar-refractivity contribution in [3.05, 3.63) is 114 Å². The molecule has 0 radical (unpaired) electrons. The molecule has 4 bridgehead atoms. The van der Waals surface area contributed by atoms with Gasteiger partial charge < -0.3 is 21.3 Å². The number of ether oxygens (including phenoxy) is 1. The summed E-state index contributed by atoms with van der Waals surface area (Å²) in [4.78, 5) is 11.7. The summed E-state index contributed by atoms with van der Waals surface area (Å²) in [5.41, 5.74) is 16.5. The highest BCUT2D eigenvalue weighted by Crippen LogP contribution is 2.62. The highest BCUT2D eigenvalue weighted by Gasteiger charge is 2.52. The van der Waals surface area contributed by atoms with Gasteiger partial charge in [0.25, 0.3) is 0 Å². The van der Waals surface area contributed by atoms with Crippen molar-refractivity contribution in [1.29, 1.82) is 0 Å². The molecule has 0 aliphatic heterocycles. The smallest absolute Gasteiger partial charge is 0.335 e. The summed E-state index contributed by atoms with van der Waals surface area (Å²) in [6.45, 7) is 0. The van der Waals surface area contributed by atoms with Crippen LogP contribution in [0.4, 0.5) is 11.4 Å². The molecule has 7 nitrogen and oxygen atoms in total. The summed E-state index contributed by atoms with van der Waals surface area (Å²) in [5.74, 6) is 2.83. The zero-order chi connectivity index (χ0) is 33.6. The molecule has 0 unspecified atom stereocenters. The van der Waals surface area contributed by atoms with Crippen molar-refractivity contribution in [3.63, 3.8) is 0 Å². The molecule has 4 aliphatic carbocycles. The minimum atomic E-state index is -3.48. The van der Waals surface area contributed by atoms with E-state index < -0.39 is 15.8 Å². The van der Waals surface area contributed by atoms with Crippen LogP contribution in [-0.4, -0.2) is 26.6 Å². The maximum atomic E-state index is 12.2. The van der Waals surface area contributed by atoms with Crippen molar-refractivity contribution in [2.45, 2.75) is 53.7 Å². The number of sulfone groups is 1. The minimum Gasteiger partial charge on any atom is -0.496 e. The number of carboxylic acids is 1. The van der Waals surface area contributed by atoms with Crippen LogP contribution in [-0.2, 0) is 15.3 Å². The van der Waals surface area contributed by atoms with Gasteiger partial charge in [0.15, 0.2) is 0 Å². The lowest BCUT2D eigenvalue weighted by molar-refractivity contribution is -0.00613. The average Bonchev–Trinajstić information content (AvgIpc) is 3.07. The molecule has 4 fully saturated rings. The molecule has 9 rings (SSSR count). The van der Waals surface area contributed by atoms with Gasteiger partial charge in [-0.3, -0.25) is 0 Å². The Morgan fingerprint density at radius 2 is 1.17 bits per heavy atom. The number of carbonyl (C=O) groups is 1. The van der Waals surface area contributed by atoms with Crippen molar-refractivity contribution in [3.8, 4) is 16.9 Å². The third kappa shape index (κ3) is 6.01. The quantitative estimate of drug-likeness (QED) is 0.156. The van der Waals surface area contributed by atoms with Crippen LogP contribution in [0.25, 0.3) is 21.9 Å². The number of carboxylic acid groups (broad SMARTS) is 1. The standard InChI is InChI=1S/C28H28O3.C12H12N2O2S/c1-31-26-7-6-23(21-2-3-22-12-24(27(29)30)5-4-20(22)11-21)13-25(26)28-14-17-8-18(15-28)10-19(9-17)16-28;13-9-1-5-11(6-2-9)17(15,16)12-7-3-10(14)4-8-12/h2-7,11-13,17-19H,8-10,14-16H2,1H3,(H,29,30);1-8H,13-14H2. The molecule has 0 spiro atoms. The van der Waals surface area contributed by atoms with Crippen molar-refractivity contribution in [2.75, 3.05) is 18.6 Å². The normalized spacial score (nSPS) is 22.6. The van der Waals surface area contributed by atoms with E-state index in [1.165, 1.54) is 79.5 Å². The molecule has 5 aromatic rings. The number of benzene rings is 5. The maximum absolute atomic E-state index is 12.2. The molecule has 0 atom stereocenters. The highest BCUT2D eigenvalue weighted by atomic mass is 32.2. The lowest BCUT2D eigenvalue weighted by atomic mass is 9.48. The second-order valence-corrected chi connectivity index (χ2v) is 15.8. The van der Waals surface area contributed by atoms with E-state index in [9.17, 15) is 18.3 Å². The Morgan fingerprint density at radius 3 is 1.69 bits per heavy atom. The zero-order valence-electron chi connectivity index (χ0n) is 26.9.